The molecule has 2 saturated carbocycles. The molecular weight excluding hydrogens is 240 g/mol. The highest BCUT2D eigenvalue weighted by molar-refractivity contribution is 7.09. The van der Waals surface area contributed by atoms with Crippen LogP contribution >= 0.6 is 11.3 Å². The van der Waals surface area contributed by atoms with Crippen molar-refractivity contribution in [2.24, 2.45) is 16.7 Å². The number of aryl methyl sites for hydroxylation is 1. The maximum absolute atomic E-state index is 4.34. The van der Waals surface area contributed by atoms with E-state index in [1.54, 1.807) is 11.3 Å². The van der Waals surface area contributed by atoms with E-state index in [1.807, 2.05) is 5.51 Å². The molecule has 2 nitrogen and oxygen atoms in total. The molecule has 0 aromatic carbocycles. The van der Waals surface area contributed by atoms with Gasteiger partial charge in [0.1, 0.15) is 0 Å². The van der Waals surface area contributed by atoms with Crippen molar-refractivity contribution >= 4 is 11.3 Å². The largest absolute Gasteiger partial charge is 0.308 e. The van der Waals surface area contributed by atoms with Crippen molar-refractivity contribution in [3.63, 3.8) is 0 Å². The van der Waals surface area contributed by atoms with E-state index in [4.69, 9.17) is 0 Å². The minimum atomic E-state index is 0.450. The standard InChI is InChI=1S/C15H24N2S/c1-10-12(18-9-17-10)8-16-13-14(2,3)11-5-6-15(13,4)7-11/h9,11,13,16H,5-8H2,1-4H3. The van der Waals surface area contributed by atoms with Crippen LogP contribution in [0.4, 0.5) is 0 Å². The Balaban J connectivity index is 1.74. The predicted octanol–water partition coefficient (Wildman–Crippen LogP) is 3.76. The van der Waals surface area contributed by atoms with Gasteiger partial charge < -0.3 is 5.32 Å². The van der Waals surface area contributed by atoms with Crippen molar-refractivity contribution in [2.45, 2.75) is 59.5 Å². The summed E-state index contributed by atoms with van der Waals surface area (Å²) in [4.78, 5) is 5.74. The lowest BCUT2D eigenvalue weighted by Gasteiger charge is -2.43. The summed E-state index contributed by atoms with van der Waals surface area (Å²) >= 11 is 1.78. The number of thiazole rings is 1. The molecule has 1 N–H and O–H groups in total. The number of rotatable bonds is 3. The normalized spacial score (nSPS) is 37.3. The molecule has 0 amide bonds. The fourth-order valence-corrected chi connectivity index (χ4v) is 5.23. The van der Waals surface area contributed by atoms with Gasteiger partial charge in [-0.05, 0) is 42.9 Å². The third kappa shape index (κ3) is 1.75. The first-order valence-electron chi connectivity index (χ1n) is 7.06. The lowest BCUT2D eigenvalue weighted by molar-refractivity contribution is 0.108. The van der Waals surface area contributed by atoms with Crippen molar-refractivity contribution in [2.75, 3.05) is 0 Å². The molecule has 18 heavy (non-hydrogen) atoms. The predicted molar refractivity (Wildman–Crippen MR) is 76.7 cm³/mol. The molecule has 0 spiro atoms. The van der Waals surface area contributed by atoms with Gasteiger partial charge in [-0.3, -0.25) is 0 Å². The Morgan fingerprint density at radius 3 is 2.78 bits per heavy atom. The highest BCUT2D eigenvalue weighted by atomic mass is 32.1. The van der Waals surface area contributed by atoms with Crippen LogP contribution in [0.2, 0.25) is 0 Å². The SMILES string of the molecule is Cc1ncsc1CNC1C2(C)CCC(C2)C1(C)C. The summed E-state index contributed by atoms with van der Waals surface area (Å²) in [5.41, 5.74) is 4.12. The van der Waals surface area contributed by atoms with E-state index in [0.717, 1.165) is 12.5 Å². The summed E-state index contributed by atoms with van der Waals surface area (Å²) in [6.07, 6.45) is 4.25. The Kier molecular flexibility index (Phi) is 2.83. The average Bonchev–Trinajstić information content (AvgIpc) is 2.90. The zero-order valence-electron chi connectivity index (χ0n) is 11.9. The molecular formula is C15H24N2S. The van der Waals surface area contributed by atoms with Gasteiger partial charge in [0.05, 0.1) is 11.2 Å². The van der Waals surface area contributed by atoms with Crippen molar-refractivity contribution in [3.05, 3.63) is 16.1 Å². The van der Waals surface area contributed by atoms with Crippen molar-refractivity contribution < 1.29 is 0 Å². The number of hydrogen-bond acceptors (Lipinski definition) is 3. The van der Waals surface area contributed by atoms with Crippen LogP contribution in [0.3, 0.4) is 0 Å². The van der Waals surface area contributed by atoms with Gasteiger partial charge in [0.15, 0.2) is 0 Å². The second-order valence-corrected chi connectivity index (χ2v) is 8.03. The summed E-state index contributed by atoms with van der Waals surface area (Å²) in [6, 6.07) is 0.658. The zero-order chi connectivity index (χ0) is 13.0. The van der Waals surface area contributed by atoms with Gasteiger partial charge in [0, 0.05) is 17.5 Å². The molecule has 3 atom stereocenters. The minimum Gasteiger partial charge on any atom is -0.308 e. The Morgan fingerprint density at radius 2 is 2.22 bits per heavy atom. The zero-order valence-corrected chi connectivity index (χ0v) is 12.7. The summed E-state index contributed by atoms with van der Waals surface area (Å²) in [5, 5.41) is 3.86. The van der Waals surface area contributed by atoms with Gasteiger partial charge >= 0.3 is 0 Å². The van der Waals surface area contributed by atoms with Gasteiger partial charge in [0.25, 0.3) is 0 Å². The highest BCUT2D eigenvalue weighted by Crippen LogP contribution is 2.62. The molecule has 1 aromatic heterocycles. The maximum atomic E-state index is 4.34. The smallest absolute Gasteiger partial charge is 0.0798 e. The minimum absolute atomic E-state index is 0.450. The maximum Gasteiger partial charge on any atom is 0.0798 e. The molecule has 0 saturated heterocycles. The molecule has 2 aliphatic carbocycles. The topological polar surface area (TPSA) is 24.9 Å². The second-order valence-electron chi connectivity index (χ2n) is 7.09. The van der Waals surface area contributed by atoms with Crippen molar-refractivity contribution in [1.29, 1.82) is 0 Å². The van der Waals surface area contributed by atoms with Gasteiger partial charge in [-0.25, -0.2) is 4.98 Å². The third-order valence-electron chi connectivity index (χ3n) is 5.58. The molecule has 2 fully saturated rings. The van der Waals surface area contributed by atoms with Crippen LogP contribution in [-0.2, 0) is 6.54 Å². The summed E-state index contributed by atoms with van der Waals surface area (Å²) in [5.74, 6) is 0.919. The summed E-state index contributed by atoms with van der Waals surface area (Å²) < 4.78 is 0. The Morgan fingerprint density at radius 1 is 1.44 bits per heavy atom. The van der Waals surface area contributed by atoms with Gasteiger partial charge in [-0.15, -0.1) is 11.3 Å². The second kappa shape index (κ2) is 4.04. The van der Waals surface area contributed by atoms with Gasteiger partial charge in [0.2, 0.25) is 0 Å². The van der Waals surface area contributed by atoms with E-state index in [9.17, 15) is 0 Å². The molecule has 2 aliphatic rings. The average molecular weight is 264 g/mol. The number of nitrogens with zero attached hydrogens (tertiary/aromatic N) is 1. The third-order valence-corrected chi connectivity index (χ3v) is 6.52. The Bertz CT molecular complexity index is 446. The fourth-order valence-electron chi connectivity index (χ4n) is 4.50. The van der Waals surface area contributed by atoms with E-state index < -0.39 is 0 Å². The molecule has 2 bridgehead atoms. The van der Waals surface area contributed by atoms with Gasteiger partial charge in [-0.1, -0.05) is 20.8 Å². The number of fused-ring (bicyclic) bond motifs is 2. The molecule has 0 radical (unpaired) electrons. The first-order chi connectivity index (χ1) is 8.43. The molecule has 3 unspecified atom stereocenters. The van der Waals surface area contributed by atoms with Crippen LogP contribution in [0, 0.1) is 23.7 Å². The first-order valence-corrected chi connectivity index (χ1v) is 7.94. The lowest BCUT2D eigenvalue weighted by atomic mass is 9.68. The first kappa shape index (κ1) is 12.6. The number of nitrogens with one attached hydrogen (secondary N) is 1. The molecule has 0 aliphatic heterocycles. The van der Waals surface area contributed by atoms with Crippen LogP contribution in [0.25, 0.3) is 0 Å². The molecule has 1 aromatic rings. The molecule has 100 valence electrons. The van der Waals surface area contributed by atoms with E-state index >= 15 is 0 Å². The van der Waals surface area contributed by atoms with E-state index in [-0.39, 0.29) is 0 Å². The van der Waals surface area contributed by atoms with Crippen LogP contribution in [0.15, 0.2) is 5.51 Å². The van der Waals surface area contributed by atoms with Crippen LogP contribution < -0.4 is 5.32 Å². The summed E-state index contributed by atoms with van der Waals surface area (Å²) in [7, 11) is 0. The van der Waals surface area contributed by atoms with Crippen molar-refractivity contribution in [1.82, 2.24) is 10.3 Å². The van der Waals surface area contributed by atoms with Gasteiger partial charge in [-0.2, -0.15) is 0 Å². The van der Waals surface area contributed by atoms with Crippen molar-refractivity contribution in [3.8, 4) is 0 Å². The van der Waals surface area contributed by atoms with E-state index in [1.165, 1.54) is 29.8 Å². The fraction of sp³-hybridized carbons (Fsp3) is 0.800. The lowest BCUT2D eigenvalue weighted by Crippen LogP contribution is -2.49. The van der Waals surface area contributed by atoms with Crippen LogP contribution in [0.1, 0.15) is 50.6 Å². The number of aromatic nitrogens is 1. The Hall–Kier alpha value is -0.410. The van der Waals surface area contributed by atoms with Crippen LogP contribution in [-0.4, -0.2) is 11.0 Å². The summed E-state index contributed by atoms with van der Waals surface area (Å²) in [6.45, 7) is 10.5. The highest BCUT2D eigenvalue weighted by Gasteiger charge is 2.58. The molecule has 1 heterocycles. The van der Waals surface area contributed by atoms with E-state index in [0.29, 0.717) is 16.9 Å². The van der Waals surface area contributed by atoms with E-state index in [2.05, 4.69) is 38.0 Å². The quantitative estimate of drug-likeness (QED) is 0.899. The van der Waals surface area contributed by atoms with Crippen LogP contribution in [0.5, 0.6) is 0 Å². The Labute approximate surface area is 114 Å². The monoisotopic (exact) mass is 264 g/mol. The number of hydrogen-bond donors (Lipinski definition) is 1. The molecule has 3 heteroatoms. The molecule has 3 rings (SSSR count).